The van der Waals surface area contributed by atoms with Gasteiger partial charge in [-0.2, -0.15) is 0 Å². The van der Waals surface area contributed by atoms with Gasteiger partial charge in [-0.25, -0.2) is 0 Å². The molecule has 0 spiro atoms. The van der Waals surface area contributed by atoms with Crippen LogP contribution in [0, 0.1) is 5.92 Å². The molecule has 3 aliphatic rings. The molecule has 2 amide bonds. The summed E-state index contributed by atoms with van der Waals surface area (Å²) in [4.78, 5) is 25.5. The Bertz CT molecular complexity index is 1120. The van der Waals surface area contributed by atoms with Crippen molar-refractivity contribution in [1.29, 1.82) is 0 Å². The predicted molar refractivity (Wildman–Crippen MR) is 136 cm³/mol. The van der Waals surface area contributed by atoms with Gasteiger partial charge in [-0.3, -0.25) is 9.59 Å². The van der Waals surface area contributed by atoms with Crippen LogP contribution in [0.2, 0.25) is 0 Å². The van der Waals surface area contributed by atoms with E-state index in [9.17, 15) is 14.7 Å². The average molecular weight is 511 g/mol. The molecule has 0 radical (unpaired) electrons. The molecule has 2 aromatic carbocycles. The van der Waals surface area contributed by atoms with Gasteiger partial charge in [0.05, 0.1) is 26.2 Å². The number of aliphatic hydroxyl groups is 1. The molecule has 5 rings (SSSR count). The van der Waals surface area contributed by atoms with Crippen molar-refractivity contribution in [2.75, 3.05) is 32.2 Å². The van der Waals surface area contributed by atoms with E-state index in [-0.39, 0.29) is 48.9 Å². The molecule has 3 aliphatic heterocycles. The number of aliphatic hydroxyl groups excluding tert-OH is 1. The first-order chi connectivity index (χ1) is 18.1. The molecule has 4 atom stereocenters. The molecule has 0 aromatic heterocycles. The lowest BCUT2D eigenvalue weighted by molar-refractivity contribution is -0.142. The largest absolute Gasteiger partial charge is 0.496 e. The number of benzene rings is 2. The van der Waals surface area contributed by atoms with Crippen LogP contribution >= 0.6 is 0 Å². The molecule has 0 bridgehead atoms. The van der Waals surface area contributed by atoms with Crippen LogP contribution < -0.4 is 20.1 Å². The number of carbonyl (C=O) groups excluding carboxylic acids is 2. The maximum Gasteiger partial charge on any atom is 0.227 e. The topological polar surface area (TPSA) is 115 Å². The Morgan fingerprint density at radius 2 is 1.95 bits per heavy atom. The number of methoxy groups -OCH3 is 1. The predicted octanol–water partition coefficient (Wildman–Crippen LogP) is 2.76. The summed E-state index contributed by atoms with van der Waals surface area (Å²) in [6.45, 7) is 1.36. The number of anilines is 1. The number of hydrogen-bond donors (Lipinski definition) is 3. The van der Waals surface area contributed by atoms with Gasteiger partial charge in [-0.15, -0.1) is 0 Å². The Morgan fingerprint density at radius 1 is 1.14 bits per heavy atom. The van der Waals surface area contributed by atoms with E-state index in [0.717, 1.165) is 41.2 Å². The summed E-state index contributed by atoms with van der Waals surface area (Å²) in [7, 11) is 1.60. The van der Waals surface area contributed by atoms with Crippen molar-refractivity contribution in [2.45, 2.75) is 56.5 Å². The van der Waals surface area contributed by atoms with E-state index in [1.807, 2.05) is 42.5 Å². The second-order valence-electron chi connectivity index (χ2n) is 9.82. The lowest BCUT2D eigenvalue weighted by atomic mass is 9.84. The van der Waals surface area contributed by atoms with Crippen LogP contribution in [-0.4, -0.2) is 62.2 Å². The number of amides is 2. The fourth-order valence-electron chi connectivity index (χ4n) is 5.49. The summed E-state index contributed by atoms with van der Waals surface area (Å²) in [5.74, 6) is 1.22. The van der Waals surface area contributed by atoms with E-state index in [1.165, 1.54) is 0 Å². The van der Waals surface area contributed by atoms with Crippen LogP contribution in [0.4, 0.5) is 5.69 Å². The van der Waals surface area contributed by atoms with Crippen LogP contribution in [0.1, 0.15) is 42.7 Å². The van der Waals surface area contributed by atoms with E-state index in [0.29, 0.717) is 26.2 Å². The van der Waals surface area contributed by atoms with Crippen LogP contribution in [0.15, 0.2) is 42.5 Å². The van der Waals surface area contributed by atoms with Crippen molar-refractivity contribution in [2.24, 2.45) is 5.92 Å². The number of fused-ring (bicyclic) bond motifs is 3. The number of para-hydroxylation sites is 1. The van der Waals surface area contributed by atoms with Gasteiger partial charge in [-0.05, 0) is 43.5 Å². The van der Waals surface area contributed by atoms with Crippen LogP contribution in [0.25, 0.3) is 0 Å². The third-order valence-corrected chi connectivity index (χ3v) is 7.44. The molecule has 0 unspecified atom stereocenters. The van der Waals surface area contributed by atoms with Crippen LogP contribution in [0.3, 0.4) is 0 Å². The van der Waals surface area contributed by atoms with Crippen LogP contribution in [0.5, 0.6) is 11.5 Å². The van der Waals surface area contributed by atoms with E-state index in [1.54, 1.807) is 7.11 Å². The first-order valence-electron chi connectivity index (χ1n) is 12.9. The second-order valence-corrected chi connectivity index (χ2v) is 9.82. The van der Waals surface area contributed by atoms with Crippen molar-refractivity contribution in [3.05, 3.63) is 53.6 Å². The van der Waals surface area contributed by atoms with Crippen LogP contribution in [-0.2, 0) is 25.6 Å². The maximum absolute atomic E-state index is 12.8. The Balaban J connectivity index is 1.23. The van der Waals surface area contributed by atoms with E-state index in [4.69, 9.17) is 18.9 Å². The van der Waals surface area contributed by atoms with Gasteiger partial charge >= 0.3 is 0 Å². The van der Waals surface area contributed by atoms with Gasteiger partial charge in [0.15, 0.2) is 0 Å². The lowest BCUT2D eigenvalue weighted by Crippen LogP contribution is -2.47. The van der Waals surface area contributed by atoms with Gasteiger partial charge in [0.1, 0.15) is 23.7 Å². The minimum atomic E-state index is -0.543. The number of ether oxygens (including phenoxy) is 4. The summed E-state index contributed by atoms with van der Waals surface area (Å²) in [5.41, 5.74) is 2.58. The van der Waals surface area contributed by atoms with Crippen molar-refractivity contribution >= 4 is 17.5 Å². The Hall–Kier alpha value is -3.14. The highest BCUT2D eigenvalue weighted by Gasteiger charge is 2.46. The smallest absolute Gasteiger partial charge is 0.227 e. The molecule has 3 N–H and O–H groups in total. The molecule has 9 heteroatoms. The van der Waals surface area contributed by atoms with E-state index < -0.39 is 6.10 Å². The molecular formula is C28H34N2O7. The van der Waals surface area contributed by atoms with E-state index >= 15 is 0 Å². The molecule has 2 saturated heterocycles. The molecule has 0 saturated carbocycles. The summed E-state index contributed by atoms with van der Waals surface area (Å²) in [6.07, 6.45) is 0.943. The van der Waals surface area contributed by atoms with Gasteiger partial charge < -0.3 is 34.7 Å². The Kier molecular flexibility index (Phi) is 7.93. The molecule has 37 heavy (non-hydrogen) atoms. The first kappa shape index (κ1) is 25.5. The molecule has 0 aliphatic carbocycles. The third-order valence-electron chi connectivity index (χ3n) is 7.44. The standard InChI is InChI=1S/C28H34N2O7/c1-34-23-5-3-2-4-18(23)15-29-26(32)14-20-13-22-21-12-19(30-28(33)17-8-10-35-11-9-17)6-7-24(21)37-27(22)25(16-31)36-20/h2-7,12,17,20,22,25,27,31H,8-11,13-16H2,1H3,(H,29,32)(H,30,33)/t20-,22+,25-,27-/m1/s1. The fraction of sp³-hybridized carbons (Fsp3) is 0.500. The molecule has 9 nitrogen and oxygen atoms in total. The SMILES string of the molecule is COc1ccccc1CNC(=O)C[C@H]1C[C@H]2c3cc(NC(=O)C4CCOCC4)ccc3O[C@H]2[C@@H](CO)O1. The highest BCUT2D eigenvalue weighted by Crippen LogP contribution is 2.47. The summed E-state index contributed by atoms with van der Waals surface area (Å²) in [6, 6.07) is 13.2. The fourth-order valence-corrected chi connectivity index (χ4v) is 5.49. The van der Waals surface area contributed by atoms with Gasteiger partial charge in [-0.1, -0.05) is 18.2 Å². The van der Waals surface area contributed by atoms with Crippen molar-refractivity contribution in [3.8, 4) is 11.5 Å². The van der Waals surface area contributed by atoms with Gasteiger partial charge in [0.2, 0.25) is 11.8 Å². The highest BCUT2D eigenvalue weighted by atomic mass is 16.6. The first-order valence-corrected chi connectivity index (χ1v) is 12.9. The van der Waals surface area contributed by atoms with Crippen molar-refractivity contribution in [3.63, 3.8) is 0 Å². The third kappa shape index (κ3) is 5.74. The summed E-state index contributed by atoms with van der Waals surface area (Å²) < 4.78 is 22.9. The van der Waals surface area contributed by atoms with Gasteiger partial charge in [0, 0.05) is 48.4 Å². The van der Waals surface area contributed by atoms with E-state index in [2.05, 4.69) is 10.6 Å². The number of nitrogens with one attached hydrogen (secondary N) is 2. The molecule has 198 valence electrons. The van der Waals surface area contributed by atoms with Crippen molar-refractivity contribution < 1.29 is 33.6 Å². The maximum atomic E-state index is 12.8. The molecular weight excluding hydrogens is 476 g/mol. The minimum Gasteiger partial charge on any atom is -0.496 e. The quantitative estimate of drug-likeness (QED) is 0.500. The average Bonchev–Trinajstić information content (AvgIpc) is 3.30. The zero-order valence-electron chi connectivity index (χ0n) is 21.0. The Labute approximate surface area is 216 Å². The number of rotatable bonds is 8. The lowest BCUT2D eigenvalue weighted by Gasteiger charge is -2.37. The monoisotopic (exact) mass is 510 g/mol. The number of hydrogen-bond acceptors (Lipinski definition) is 7. The minimum absolute atomic E-state index is 0.00326. The summed E-state index contributed by atoms with van der Waals surface area (Å²) in [5, 5.41) is 16.0. The summed E-state index contributed by atoms with van der Waals surface area (Å²) >= 11 is 0. The zero-order valence-corrected chi connectivity index (χ0v) is 21.0. The van der Waals surface area contributed by atoms with Gasteiger partial charge in [0.25, 0.3) is 0 Å². The number of carbonyl (C=O) groups is 2. The zero-order chi connectivity index (χ0) is 25.8. The second kappa shape index (κ2) is 11.5. The molecule has 2 aromatic rings. The van der Waals surface area contributed by atoms with Crippen molar-refractivity contribution in [1.82, 2.24) is 5.32 Å². The normalized spacial score (nSPS) is 24.9. The highest BCUT2D eigenvalue weighted by molar-refractivity contribution is 5.92. The molecule has 2 fully saturated rings. The Morgan fingerprint density at radius 3 is 2.73 bits per heavy atom. The molecule has 3 heterocycles.